The summed E-state index contributed by atoms with van der Waals surface area (Å²) in [6.07, 6.45) is 5.22. The minimum atomic E-state index is 0.0407. The Morgan fingerprint density at radius 1 is 1.33 bits per heavy atom. The maximum Gasteiger partial charge on any atom is 0.158 e. The topological polar surface area (TPSA) is 50.3 Å². The number of fused-ring (bicyclic) bond motifs is 1. The van der Waals surface area contributed by atoms with E-state index in [9.17, 15) is 0 Å². The van der Waals surface area contributed by atoms with Crippen LogP contribution < -0.4 is 5.32 Å². The number of ether oxygens (including phenoxy) is 1. The summed E-state index contributed by atoms with van der Waals surface area (Å²) < 4.78 is 6.04. The van der Waals surface area contributed by atoms with E-state index in [1.165, 1.54) is 32.2 Å². The van der Waals surface area contributed by atoms with Gasteiger partial charge in [0, 0.05) is 30.9 Å². The van der Waals surface area contributed by atoms with E-state index in [-0.39, 0.29) is 6.10 Å². The van der Waals surface area contributed by atoms with Crippen molar-refractivity contribution in [2.45, 2.75) is 57.3 Å². The van der Waals surface area contributed by atoms with Crippen molar-refractivity contribution in [1.29, 1.82) is 0 Å². The highest BCUT2D eigenvalue weighted by Crippen LogP contribution is 2.28. The van der Waals surface area contributed by atoms with Gasteiger partial charge in [-0.3, -0.25) is 4.90 Å². The van der Waals surface area contributed by atoms with E-state index < -0.39 is 0 Å². The largest absolute Gasteiger partial charge is 0.367 e. The molecule has 1 aromatic heterocycles. The fraction of sp³-hybridized carbons (Fsp3) is 0.750. The van der Waals surface area contributed by atoms with Gasteiger partial charge < -0.3 is 10.1 Å². The van der Waals surface area contributed by atoms with Crippen molar-refractivity contribution >= 4 is 0 Å². The third-order valence-electron chi connectivity index (χ3n) is 4.75. The number of nitrogens with zero attached hydrogens (tertiary/aromatic N) is 3. The summed E-state index contributed by atoms with van der Waals surface area (Å²) in [6, 6.07) is 3.42. The van der Waals surface area contributed by atoms with Crippen LogP contribution in [0.1, 0.15) is 49.0 Å². The predicted molar refractivity (Wildman–Crippen MR) is 79.9 cm³/mol. The van der Waals surface area contributed by atoms with Crippen molar-refractivity contribution in [2.75, 3.05) is 19.7 Å². The van der Waals surface area contributed by atoms with Gasteiger partial charge in [-0.1, -0.05) is 0 Å². The van der Waals surface area contributed by atoms with Gasteiger partial charge >= 0.3 is 0 Å². The first-order valence-corrected chi connectivity index (χ1v) is 8.21. The second-order valence-electron chi connectivity index (χ2n) is 6.63. The van der Waals surface area contributed by atoms with Crippen molar-refractivity contribution < 1.29 is 4.74 Å². The third kappa shape index (κ3) is 3.10. The second-order valence-corrected chi connectivity index (χ2v) is 6.63. The number of rotatable bonds is 4. The van der Waals surface area contributed by atoms with Crippen molar-refractivity contribution in [3.8, 4) is 0 Å². The summed E-state index contributed by atoms with van der Waals surface area (Å²) in [6.45, 7) is 5.88. The second kappa shape index (κ2) is 5.63. The summed E-state index contributed by atoms with van der Waals surface area (Å²) in [4.78, 5) is 11.9. The minimum Gasteiger partial charge on any atom is -0.367 e. The lowest BCUT2D eigenvalue weighted by molar-refractivity contribution is -0.0542. The quantitative estimate of drug-likeness (QED) is 0.911. The molecule has 2 aliphatic heterocycles. The molecule has 3 aliphatic rings. The van der Waals surface area contributed by atoms with Crippen molar-refractivity contribution in [3.63, 3.8) is 0 Å². The summed E-state index contributed by atoms with van der Waals surface area (Å²) >= 11 is 0. The first-order chi connectivity index (χ1) is 10.3. The predicted octanol–water partition coefficient (Wildman–Crippen LogP) is 1.57. The Morgan fingerprint density at radius 3 is 3.10 bits per heavy atom. The number of hydrogen-bond donors (Lipinski definition) is 1. The molecule has 0 spiro atoms. The van der Waals surface area contributed by atoms with Gasteiger partial charge in [-0.2, -0.15) is 0 Å². The van der Waals surface area contributed by atoms with Gasteiger partial charge in [0.05, 0.1) is 12.3 Å². The van der Waals surface area contributed by atoms with E-state index in [0.29, 0.717) is 12.1 Å². The Morgan fingerprint density at radius 2 is 2.24 bits per heavy atom. The van der Waals surface area contributed by atoms with E-state index in [1.54, 1.807) is 0 Å². The minimum absolute atomic E-state index is 0.0407. The van der Waals surface area contributed by atoms with Crippen molar-refractivity contribution in [1.82, 2.24) is 20.2 Å². The van der Waals surface area contributed by atoms with Gasteiger partial charge in [0.2, 0.25) is 0 Å². The number of aromatic nitrogens is 2. The molecular weight excluding hydrogens is 264 g/mol. The zero-order valence-electron chi connectivity index (χ0n) is 12.7. The van der Waals surface area contributed by atoms with E-state index in [2.05, 4.69) is 21.3 Å². The van der Waals surface area contributed by atoms with Crippen molar-refractivity contribution in [2.24, 2.45) is 0 Å². The molecule has 1 N–H and O–H groups in total. The van der Waals surface area contributed by atoms with Gasteiger partial charge in [0.25, 0.3) is 0 Å². The summed E-state index contributed by atoms with van der Waals surface area (Å²) in [5, 5.41) is 3.53. The van der Waals surface area contributed by atoms with Gasteiger partial charge in [0.15, 0.2) is 5.82 Å². The standard InChI is InChI=1S/C16H24N4O/c1-11-7-13(8-17-12-4-5-12)19-16(18-11)15-9-20-6-2-3-14(20)10-21-15/h7,12,14-15,17H,2-6,8-10H2,1H3. The fourth-order valence-electron chi connectivity index (χ4n) is 3.40. The molecule has 2 unspecified atom stereocenters. The van der Waals surface area contributed by atoms with Crippen LogP contribution in [0.2, 0.25) is 0 Å². The molecule has 1 aromatic rings. The molecule has 3 heterocycles. The number of aryl methyl sites for hydroxylation is 1. The monoisotopic (exact) mass is 288 g/mol. The molecule has 0 bridgehead atoms. The Balaban J connectivity index is 1.47. The lowest BCUT2D eigenvalue weighted by Crippen LogP contribution is -2.43. The molecule has 3 fully saturated rings. The first-order valence-electron chi connectivity index (χ1n) is 8.21. The maximum absolute atomic E-state index is 6.04. The van der Waals surface area contributed by atoms with Gasteiger partial charge in [-0.05, 0) is 45.2 Å². The summed E-state index contributed by atoms with van der Waals surface area (Å²) in [5.74, 6) is 0.868. The van der Waals surface area contributed by atoms with Crippen LogP contribution >= 0.6 is 0 Å². The maximum atomic E-state index is 6.04. The van der Waals surface area contributed by atoms with E-state index in [0.717, 1.165) is 36.9 Å². The summed E-state index contributed by atoms with van der Waals surface area (Å²) in [7, 11) is 0. The van der Waals surface area contributed by atoms with Crippen LogP contribution in [-0.4, -0.2) is 46.6 Å². The molecule has 4 rings (SSSR count). The molecule has 5 nitrogen and oxygen atoms in total. The van der Waals surface area contributed by atoms with E-state index in [4.69, 9.17) is 9.72 Å². The molecule has 5 heteroatoms. The van der Waals surface area contributed by atoms with Gasteiger partial charge in [0.1, 0.15) is 6.10 Å². The lowest BCUT2D eigenvalue weighted by Gasteiger charge is -2.34. The zero-order chi connectivity index (χ0) is 14.2. The lowest BCUT2D eigenvalue weighted by atomic mass is 10.1. The zero-order valence-corrected chi connectivity index (χ0v) is 12.7. The van der Waals surface area contributed by atoms with Crippen LogP contribution in [0.25, 0.3) is 0 Å². The van der Waals surface area contributed by atoms with Crippen molar-refractivity contribution in [3.05, 3.63) is 23.3 Å². The van der Waals surface area contributed by atoms with E-state index >= 15 is 0 Å². The molecule has 1 aliphatic carbocycles. The highest BCUT2D eigenvalue weighted by Gasteiger charge is 2.34. The third-order valence-corrected chi connectivity index (χ3v) is 4.75. The highest BCUT2D eigenvalue weighted by atomic mass is 16.5. The molecule has 2 atom stereocenters. The molecule has 21 heavy (non-hydrogen) atoms. The van der Waals surface area contributed by atoms with Crippen LogP contribution in [0.4, 0.5) is 0 Å². The average molecular weight is 288 g/mol. The molecule has 2 saturated heterocycles. The van der Waals surface area contributed by atoms with E-state index in [1.807, 2.05) is 6.92 Å². The molecule has 0 radical (unpaired) electrons. The Kier molecular flexibility index (Phi) is 3.65. The van der Waals surface area contributed by atoms with Gasteiger partial charge in [-0.15, -0.1) is 0 Å². The highest BCUT2D eigenvalue weighted by molar-refractivity contribution is 5.12. The Labute approximate surface area is 126 Å². The summed E-state index contributed by atoms with van der Waals surface area (Å²) in [5.41, 5.74) is 2.14. The SMILES string of the molecule is Cc1cc(CNC2CC2)nc(C2CN3CCCC3CO2)n1. The van der Waals surface area contributed by atoms with Crippen LogP contribution in [0.5, 0.6) is 0 Å². The fourth-order valence-corrected chi connectivity index (χ4v) is 3.40. The van der Waals surface area contributed by atoms with Crippen LogP contribution in [0.3, 0.4) is 0 Å². The molecule has 0 amide bonds. The van der Waals surface area contributed by atoms with Crippen LogP contribution in [0.15, 0.2) is 6.07 Å². The van der Waals surface area contributed by atoms with Crippen LogP contribution in [-0.2, 0) is 11.3 Å². The molecular formula is C16H24N4O. The molecule has 114 valence electrons. The number of morpholine rings is 1. The smallest absolute Gasteiger partial charge is 0.158 e. The Bertz CT molecular complexity index is 517. The average Bonchev–Trinajstić information content (AvgIpc) is 3.20. The first kappa shape index (κ1) is 13.6. The molecule has 1 saturated carbocycles. The number of nitrogens with one attached hydrogen (secondary N) is 1. The van der Waals surface area contributed by atoms with Gasteiger partial charge in [-0.25, -0.2) is 9.97 Å². The normalized spacial score (nSPS) is 29.6. The number of hydrogen-bond acceptors (Lipinski definition) is 5. The molecule has 0 aromatic carbocycles. The van der Waals surface area contributed by atoms with Crippen LogP contribution in [0, 0.1) is 6.92 Å². The Hall–Kier alpha value is -1.04.